The van der Waals surface area contributed by atoms with Crippen LogP contribution in [0.4, 0.5) is 10.8 Å². The molecule has 0 unspecified atom stereocenters. The first-order valence-corrected chi connectivity index (χ1v) is 8.81. The van der Waals surface area contributed by atoms with E-state index in [1.165, 1.54) is 16.9 Å². The van der Waals surface area contributed by atoms with Gasteiger partial charge in [-0.1, -0.05) is 48.5 Å². The Balaban J connectivity index is 1.42. The topological polar surface area (TPSA) is 45.2 Å². The molecule has 0 spiro atoms. The van der Waals surface area contributed by atoms with E-state index in [1.807, 2.05) is 47.8 Å². The number of hydrogen-bond acceptors (Lipinski definition) is 4. The number of carbonyl (C=O) groups excluding carboxylic acids is 1. The highest BCUT2D eigenvalue weighted by molar-refractivity contribution is 7.14. The lowest BCUT2D eigenvalue weighted by Crippen LogP contribution is -2.31. The number of nitrogens with zero attached hydrogens (tertiary/aromatic N) is 2. The summed E-state index contributed by atoms with van der Waals surface area (Å²) in [5.74, 6) is -0.0272. The smallest absolute Gasteiger partial charge is 0.245 e. The summed E-state index contributed by atoms with van der Waals surface area (Å²) in [6.45, 7) is 1.25. The molecule has 0 radical (unpaired) electrons. The van der Waals surface area contributed by atoms with Crippen LogP contribution in [-0.4, -0.2) is 24.0 Å². The summed E-state index contributed by atoms with van der Waals surface area (Å²) >= 11 is 1.45. The molecule has 4 rings (SSSR count). The van der Waals surface area contributed by atoms with Crippen molar-refractivity contribution in [2.45, 2.75) is 6.42 Å². The summed E-state index contributed by atoms with van der Waals surface area (Å²) in [7, 11) is 0. The Hall–Kier alpha value is -2.66. The zero-order chi connectivity index (χ0) is 16.4. The highest BCUT2D eigenvalue weighted by Gasteiger charge is 2.20. The average Bonchev–Trinajstić information content (AvgIpc) is 3.23. The van der Waals surface area contributed by atoms with Gasteiger partial charge in [0.15, 0.2) is 5.13 Å². The van der Waals surface area contributed by atoms with E-state index in [1.54, 1.807) is 0 Å². The van der Waals surface area contributed by atoms with E-state index in [2.05, 4.69) is 27.3 Å². The first-order valence-electron chi connectivity index (χ1n) is 7.93. The molecule has 0 saturated heterocycles. The number of para-hydroxylation sites is 1. The van der Waals surface area contributed by atoms with Gasteiger partial charge in [-0.3, -0.25) is 4.79 Å². The van der Waals surface area contributed by atoms with E-state index in [9.17, 15) is 4.79 Å². The van der Waals surface area contributed by atoms with Crippen molar-refractivity contribution >= 4 is 28.1 Å². The molecule has 24 heavy (non-hydrogen) atoms. The average molecular weight is 335 g/mol. The van der Waals surface area contributed by atoms with E-state index in [4.69, 9.17) is 0 Å². The third kappa shape index (κ3) is 3.03. The minimum absolute atomic E-state index is 0.0272. The van der Waals surface area contributed by atoms with Crippen molar-refractivity contribution in [3.8, 4) is 11.3 Å². The fourth-order valence-corrected chi connectivity index (χ4v) is 3.71. The minimum atomic E-state index is -0.0272. The molecular weight excluding hydrogens is 318 g/mol. The summed E-state index contributed by atoms with van der Waals surface area (Å²) in [6, 6.07) is 18.2. The Kier molecular flexibility index (Phi) is 4.01. The van der Waals surface area contributed by atoms with Crippen LogP contribution in [0.5, 0.6) is 0 Å². The molecule has 1 N–H and O–H groups in total. The van der Waals surface area contributed by atoms with Crippen LogP contribution in [0.15, 0.2) is 60.0 Å². The number of amides is 1. The van der Waals surface area contributed by atoms with Crippen molar-refractivity contribution < 1.29 is 4.79 Å². The fourth-order valence-electron chi connectivity index (χ4n) is 2.98. The number of aromatic nitrogens is 1. The molecular formula is C19H17N3OS. The Labute approximate surface area is 144 Å². The summed E-state index contributed by atoms with van der Waals surface area (Å²) < 4.78 is 0. The maximum atomic E-state index is 12.3. The van der Waals surface area contributed by atoms with Gasteiger partial charge in [0.25, 0.3) is 0 Å². The van der Waals surface area contributed by atoms with Gasteiger partial charge in [-0.15, -0.1) is 11.3 Å². The van der Waals surface area contributed by atoms with Crippen molar-refractivity contribution in [1.29, 1.82) is 0 Å². The lowest BCUT2D eigenvalue weighted by molar-refractivity contribution is -0.115. The summed E-state index contributed by atoms with van der Waals surface area (Å²) in [4.78, 5) is 19.0. The van der Waals surface area contributed by atoms with Crippen LogP contribution in [0.3, 0.4) is 0 Å². The quantitative estimate of drug-likeness (QED) is 0.788. The Morgan fingerprint density at radius 3 is 2.79 bits per heavy atom. The number of hydrogen-bond donors (Lipinski definition) is 1. The second-order valence-corrected chi connectivity index (χ2v) is 6.61. The third-order valence-electron chi connectivity index (χ3n) is 4.14. The second kappa shape index (κ2) is 6.45. The maximum Gasteiger partial charge on any atom is 0.245 e. The van der Waals surface area contributed by atoms with E-state index in [0.29, 0.717) is 11.7 Å². The Morgan fingerprint density at radius 1 is 1.12 bits per heavy atom. The monoisotopic (exact) mass is 335 g/mol. The number of rotatable bonds is 4. The van der Waals surface area contributed by atoms with Gasteiger partial charge in [-0.25, -0.2) is 4.98 Å². The maximum absolute atomic E-state index is 12.3. The lowest BCUT2D eigenvalue weighted by Gasteiger charge is -2.18. The van der Waals surface area contributed by atoms with Crippen LogP contribution < -0.4 is 10.2 Å². The zero-order valence-corrected chi connectivity index (χ0v) is 13.9. The molecule has 0 aliphatic carbocycles. The molecule has 0 atom stereocenters. The van der Waals surface area contributed by atoms with Crippen LogP contribution >= 0.6 is 11.3 Å². The number of benzene rings is 2. The van der Waals surface area contributed by atoms with Gasteiger partial charge in [0.05, 0.1) is 12.2 Å². The minimum Gasteiger partial charge on any atom is -0.362 e. The standard InChI is InChI=1S/C19H17N3OS/c23-18(12-22-11-10-15-8-4-5-9-17(15)22)21-19-20-16(13-24-19)14-6-2-1-3-7-14/h1-9,13H,10-12H2,(H,20,21,23). The van der Waals surface area contributed by atoms with E-state index in [-0.39, 0.29) is 5.91 Å². The van der Waals surface area contributed by atoms with Gasteiger partial charge < -0.3 is 10.2 Å². The first-order chi connectivity index (χ1) is 11.8. The molecule has 3 aromatic rings. The molecule has 2 heterocycles. The predicted octanol–water partition coefficient (Wildman–Crippen LogP) is 3.81. The van der Waals surface area contributed by atoms with Gasteiger partial charge in [0.1, 0.15) is 0 Å². The SMILES string of the molecule is O=C(CN1CCc2ccccc21)Nc1nc(-c2ccccc2)cs1. The molecule has 2 aromatic carbocycles. The molecule has 1 aliphatic heterocycles. The molecule has 0 saturated carbocycles. The number of thiazole rings is 1. The van der Waals surface area contributed by atoms with Crippen molar-refractivity contribution in [1.82, 2.24) is 4.98 Å². The third-order valence-corrected chi connectivity index (χ3v) is 4.90. The van der Waals surface area contributed by atoms with Crippen LogP contribution in [0.1, 0.15) is 5.56 Å². The number of fused-ring (bicyclic) bond motifs is 1. The molecule has 0 bridgehead atoms. The van der Waals surface area contributed by atoms with E-state index in [0.717, 1.165) is 29.9 Å². The van der Waals surface area contributed by atoms with E-state index < -0.39 is 0 Å². The molecule has 1 aliphatic rings. The van der Waals surface area contributed by atoms with Gasteiger partial charge in [0.2, 0.25) is 5.91 Å². The molecule has 4 nitrogen and oxygen atoms in total. The molecule has 1 aromatic heterocycles. The lowest BCUT2D eigenvalue weighted by atomic mass is 10.2. The fraction of sp³-hybridized carbons (Fsp3) is 0.158. The molecule has 0 fully saturated rings. The van der Waals surface area contributed by atoms with Crippen LogP contribution in [0.2, 0.25) is 0 Å². The molecule has 5 heteroatoms. The van der Waals surface area contributed by atoms with Gasteiger partial charge in [-0.05, 0) is 18.1 Å². The summed E-state index contributed by atoms with van der Waals surface area (Å²) in [5, 5.41) is 5.53. The zero-order valence-electron chi connectivity index (χ0n) is 13.1. The highest BCUT2D eigenvalue weighted by atomic mass is 32.1. The first kappa shape index (κ1) is 14.9. The number of nitrogens with one attached hydrogen (secondary N) is 1. The summed E-state index contributed by atoms with van der Waals surface area (Å²) in [5.41, 5.74) is 4.42. The second-order valence-electron chi connectivity index (χ2n) is 5.75. The predicted molar refractivity (Wildman–Crippen MR) is 98.5 cm³/mol. The van der Waals surface area contributed by atoms with Crippen molar-refractivity contribution in [2.75, 3.05) is 23.3 Å². The van der Waals surface area contributed by atoms with Gasteiger partial charge in [-0.2, -0.15) is 0 Å². The normalized spacial score (nSPS) is 12.9. The largest absolute Gasteiger partial charge is 0.362 e. The van der Waals surface area contributed by atoms with Crippen molar-refractivity contribution in [3.05, 3.63) is 65.5 Å². The number of carbonyl (C=O) groups is 1. The Morgan fingerprint density at radius 2 is 1.92 bits per heavy atom. The highest BCUT2D eigenvalue weighted by Crippen LogP contribution is 2.28. The van der Waals surface area contributed by atoms with Crippen LogP contribution in [-0.2, 0) is 11.2 Å². The van der Waals surface area contributed by atoms with Gasteiger partial charge >= 0.3 is 0 Å². The van der Waals surface area contributed by atoms with E-state index >= 15 is 0 Å². The number of anilines is 2. The van der Waals surface area contributed by atoms with Crippen LogP contribution in [0.25, 0.3) is 11.3 Å². The van der Waals surface area contributed by atoms with Crippen molar-refractivity contribution in [3.63, 3.8) is 0 Å². The Bertz CT molecular complexity index is 860. The summed E-state index contributed by atoms with van der Waals surface area (Å²) in [6.07, 6.45) is 0.999. The van der Waals surface area contributed by atoms with Crippen LogP contribution in [0, 0.1) is 0 Å². The van der Waals surface area contributed by atoms with Crippen molar-refractivity contribution in [2.24, 2.45) is 0 Å². The molecule has 1 amide bonds. The van der Waals surface area contributed by atoms with Gasteiger partial charge in [0, 0.05) is 23.2 Å². The molecule has 120 valence electrons.